The van der Waals surface area contributed by atoms with Gasteiger partial charge in [-0.15, -0.1) is 0 Å². The van der Waals surface area contributed by atoms with E-state index in [1.807, 2.05) is 71.8 Å². The van der Waals surface area contributed by atoms with Gasteiger partial charge >= 0.3 is 0 Å². The molecule has 0 bridgehead atoms. The lowest BCUT2D eigenvalue weighted by molar-refractivity contribution is -0.695. The number of hydrogen-bond acceptors (Lipinski definition) is 4. The van der Waals surface area contributed by atoms with Gasteiger partial charge in [0.25, 0.3) is 11.7 Å². The van der Waals surface area contributed by atoms with E-state index < -0.39 is 17.7 Å². The van der Waals surface area contributed by atoms with E-state index in [4.69, 9.17) is 0 Å². The summed E-state index contributed by atoms with van der Waals surface area (Å²) in [7, 11) is 0. The zero-order valence-electron chi connectivity index (χ0n) is 18.2. The number of hydrogen-bond donors (Lipinski definition) is 2. The van der Waals surface area contributed by atoms with Gasteiger partial charge in [-0.25, -0.2) is 9.55 Å². The number of likely N-dealkylation sites (tertiary alicyclic amines) is 1. The number of aliphatic hydroxyl groups is 1. The van der Waals surface area contributed by atoms with Gasteiger partial charge in [-0.05, 0) is 24.6 Å². The molecule has 4 heterocycles. The van der Waals surface area contributed by atoms with E-state index in [0.717, 1.165) is 5.56 Å². The van der Waals surface area contributed by atoms with Crippen LogP contribution in [-0.4, -0.2) is 42.6 Å². The number of H-pyrrole nitrogens is 1. The largest absolute Gasteiger partial charge is 0.505 e. The fourth-order valence-corrected chi connectivity index (χ4v) is 4.50. The maximum absolute atomic E-state index is 13.2. The average molecular weight is 442 g/mol. The SMILES string of the molecule is Cc1nc2ccccn2c1C(O)=C1C(=O)C(=O)N(CCC[n+]2cc[nH]c2)C1c1ccccc1. The lowest BCUT2D eigenvalue weighted by Crippen LogP contribution is -2.36. The number of nitrogens with one attached hydrogen (secondary N) is 1. The van der Waals surface area contributed by atoms with Crippen LogP contribution < -0.4 is 4.57 Å². The van der Waals surface area contributed by atoms with Gasteiger partial charge in [-0.3, -0.25) is 19.0 Å². The predicted molar refractivity (Wildman–Crippen MR) is 121 cm³/mol. The quantitative estimate of drug-likeness (QED) is 0.208. The molecule has 8 heteroatoms. The van der Waals surface area contributed by atoms with Crippen molar-refractivity contribution < 1.29 is 19.3 Å². The number of rotatable bonds is 6. The molecule has 0 spiro atoms. The summed E-state index contributed by atoms with van der Waals surface area (Å²) in [4.78, 5) is 35.4. The highest BCUT2D eigenvalue weighted by Gasteiger charge is 2.46. The Balaban J connectivity index is 1.59. The summed E-state index contributed by atoms with van der Waals surface area (Å²) in [6.45, 7) is 2.86. The fraction of sp³-hybridized carbons (Fsp3) is 0.200. The van der Waals surface area contributed by atoms with Gasteiger partial charge in [0.15, 0.2) is 5.76 Å². The first-order valence-corrected chi connectivity index (χ1v) is 10.9. The number of carbonyl (C=O) groups is 2. The third kappa shape index (κ3) is 3.59. The topological polar surface area (TPSA) is 94.6 Å². The second-order valence-corrected chi connectivity index (χ2v) is 8.08. The number of nitrogens with zero attached hydrogens (tertiary/aromatic N) is 4. The highest BCUT2D eigenvalue weighted by molar-refractivity contribution is 6.46. The van der Waals surface area contributed by atoms with E-state index >= 15 is 0 Å². The zero-order valence-corrected chi connectivity index (χ0v) is 18.2. The Bertz CT molecular complexity index is 1360. The molecule has 8 nitrogen and oxygen atoms in total. The number of aliphatic hydroxyl groups excluding tert-OH is 1. The van der Waals surface area contributed by atoms with E-state index in [2.05, 4.69) is 9.97 Å². The van der Waals surface area contributed by atoms with Crippen molar-refractivity contribution in [1.82, 2.24) is 19.3 Å². The normalized spacial score (nSPS) is 17.8. The number of ketones is 1. The molecule has 33 heavy (non-hydrogen) atoms. The Morgan fingerprint density at radius 3 is 2.70 bits per heavy atom. The van der Waals surface area contributed by atoms with Gasteiger partial charge in [0.05, 0.1) is 23.9 Å². The summed E-state index contributed by atoms with van der Waals surface area (Å²) < 4.78 is 3.72. The maximum atomic E-state index is 13.2. The Morgan fingerprint density at radius 1 is 1.15 bits per heavy atom. The fourth-order valence-electron chi connectivity index (χ4n) is 4.50. The van der Waals surface area contributed by atoms with E-state index in [0.29, 0.717) is 36.5 Å². The van der Waals surface area contributed by atoms with E-state index in [1.165, 1.54) is 0 Å². The van der Waals surface area contributed by atoms with Crippen molar-refractivity contribution >= 4 is 23.1 Å². The van der Waals surface area contributed by atoms with Gasteiger partial charge in [0, 0.05) is 19.2 Å². The van der Waals surface area contributed by atoms with Crippen LogP contribution in [0, 0.1) is 6.92 Å². The molecule has 1 aliphatic rings. The maximum Gasteiger partial charge on any atom is 0.295 e. The van der Waals surface area contributed by atoms with Crippen molar-refractivity contribution in [2.75, 3.05) is 6.54 Å². The molecule has 2 N–H and O–H groups in total. The number of imidazole rings is 2. The Kier molecular flexibility index (Phi) is 5.26. The van der Waals surface area contributed by atoms with Crippen LogP contribution in [0.5, 0.6) is 0 Å². The van der Waals surface area contributed by atoms with Crippen LogP contribution in [0.1, 0.15) is 29.4 Å². The smallest absolute Gasteiger partial charge is 0.295 e. The van der Waals surface area contributed by atoms with Crippen molar-refractivity contribution in [3.05, 3.63) is 96.0 Å². The van der Waals surface area contributed by atoms with Crippen LogP contribution in [0.25, 0.3) is 11.4 Å². The second-order valence-electron chi connectivity index (χ2n) is 8.08. The number of Topliss-reactive ketones (excluding diaryl/α,β-unsaturated/α-hetero) is 1. The molecule has 1 amide bonds. The van der Waals surface area contributed by atoms with Crippen molar-refractivity contribution in [3.63, 3.8) is 0 Å². The predicted octanol–water partition coefficient (Wildman–Crippen LogP) is 2.77. The molecule has 0 radical (unpaired) electrons. The van der Waals surface area contributed by atoms with E-state index in [1.54, 1.807) is 22.4 Å². The van der Waals surface area contributed by atoms with Crippen LogP contribution >= 0.6 is 0 Å². The highest BCUT2D eigenvalue weighted by Crippen LogP contribution is 2.39. The Hall–Kier alpha value is -4.20. The minimum Gasteiger partial charge on any atom is -0.505 e. The number of aryl methyl sites for hydroxylation is 2. The summed E-state index contributed by atoms with van der Waals surface area (Å²) >= 11 is 0. The summed E-state index contributed by atoms with van der Waals surface area (Å²) in [5, 5.41) is 11.4. The summed E-state index contributed by atoms with van der Waals surface area (Å²) in [5.74, 6) is -1.49. The number of fused-ring (bicyclic) bond motifs is 1. The van der Waals surface area contributed by atoms with Crippen molar-refractivity contribution in [3.8, 4) is 0 Å². The average Bonchev–Trinajstić information content (AvgIpc) is 3.52. The first kappa shape index (κ1) is 20.7. The minimum atomic E-state index is -0.680. The Labute approximate surface area is 190 Å². The molecule has 1 aromatic carbocycles. The number of carbonyl (C=O) groups excluding carboxylic acids is 2. The molecule has 1 fully saturated rings. The molecular weight excluding hydrogens is 418 g/mol. The third-order valence-electron chi connectivity index (χ3n) is 6.00. The molecule has 1 saturated heterocycles. The third-order valence-corrected chi connectivity index (χ3v) is 6.00. The van der Waals surface area contributed by atoms with Gasteiger partial charge in [0.1, 0.15) is 23.7 Å². The zero-order chi connectivity index (χ0) is 22.9. The number of benzene rings is 1. The van der Waals surface area contributed by atoms with Crippen LogP contribution in [-0.2, 0) is 16.1 Å². The first-order valence-electron chi connectivity index (χ1n) is 10.9. The first-order chi connectivity index (χ1) is 16.1. The highest BCUT2D eigenvalue weighted by atomic mass is 16.3. The van der Waals surface area contributed by atoms with Crippen molar-refractivity contribution in [2.45, 2.75) is 25.9 Å². The standard InChI is InChI=1S/C25H23N5O3/c1-17-21(29-13-6-5-10-19(29)27-17)23(31)20-22(18-8-3-2-4-9-18)30(25(33)24(20)32)14-7-12-28-15-11-26-16-28/h2-6,8-11,13,15-16,22H,7,12,14H2,1H3,(H,31,32)/p+1. The van der Waals surface area contributed by atoms with E-state index in [-0.39, 0.29) is 11.3 Å². The molecule has 1 unspecified atom stereocenters. The molecule has 5 rings (SSSR count). The van der Waals surface area contributed by atoms with Crippen LogP contribution in [0.4, 0.5) is 0 Å². The van der Waals surface area contributed by atoms with Gasteiger partial charge in [0.2, 0.25) is 6.33 Å². The molecule has 4 aromatic rings. The molecule has 166 valence electrons. The number of aromatic amines is 1. The van der Waals surface area contributed by atoms with E-state index in [9.17, 15) is 14.7 Å². The van der Waals surface area contributed by atoms with Crippen molar-refractivity contribution in [2.24, 2.45) is 0 Å². The van der Waals surface area contributed by atoms with Crippen molar-refractivity contribution in [1.29, 1.82) is 0 Å². The molecule has 1 atom stereocenters. The summed E-state index contributed by atoms with van der Waals surface area (Å²) in [6.07, 6.45) is 8.03. The minimum absolute atomic E-state index is 0.0919. The number of pyridine rings is 1. The summed E-state index contributed by atoms with van der Waals surface area (Å²) in [5.41, 5.74) is 2.53. The lowest BCUT2D eigenvalue weighted by Gasteiger charge is -2.25. The summed E-state index contributed by atoms with van der Waals surface area (Å²) in [6, 6.07) is 14.2. The lowest BCUT2D eigenvalue weighted by atomic mass is 9.96. The van der Waals surface area contributed by atoms with Gasteiger partial charge < -0.3 is 10.0 Å². The van der Waals surface area contributed by atoms with Crippen LogP contribution in [0.3, 0.4) is 0 Å². The molecule has 0 aliphatic carbocycles. The number of aromatic nitrogens is 4. The molecular formula is C25H24N5O3+. The molecule has 3 aromatic heterocycles. The van der Waals surface area contributed by atoms with Crippen LogP contribution in [0.15, 0.2) is 79.0 Å². The second kappa shape index (κ2) is 8.38. The van der Waals surface area contributed by atoms with Crippen LogP contribution in [0.2, 0.25) is 0 Å². The Morgan fingerprint density at radius 2 is 1.94 bits per heavy atom. The molecule has 1 aliphatic heterocycles. The monoisotopic (exact) mass is 442 g/mol. The van der Waals surface area contributed by atoms with Gasteiger partial charge in [-0.1, -0.05) is 36.4 Å². The molecule has 0 saturated carbocycles. The van der Waals surface area contributed by atoms with Gasteiger partial charge in [-0.2, -0.15) is 0 Å². The number of amides is 1.